The third-order valence-electron chi connectivity index (χ3n) is 5.17. The molecule has 158 valence electrons. The van der Waals surface area contributed by atoms with Crippen LogP contribution in [-0.4, -0.2) is 55.6 Å². The lowest BCUT2D eigenvalue weighted by Crippen LogP contribution is -2.32. The van der Waals surface area contributed by atoms with E-state index >= 15 is 0 Å². The van der Waals surface area contributed by atoms with Crippen molar-refractivity contribution in [2.24, 2.45) is 0 Å². The van der Waals surface area contributed by atoms with Gasteiger partial charge in [-0.15, -0.1) is 5.10 Å². The predicted octanol–water partition coefficient (Wildman–Crippen LogP) is 3.19. The molecule has 0 spiro atoms. The van der Waals surface area contributed by atoms with Crippen LogP contribution in [0.15, 0.2) is 6.20 Å². The summed E-state index contributed by atoms with van der Waals surface area (Å²) in [6.07, 6.45) is 2.65. The van der Waals surface area contributed by atoms with Gasteiger partial charge in [0.25, 0.3) is 0 Å². The van der Waals surface area contributed by atoms with Gasteiger partial charge in [0.15, 0.2) is 5.82 Å². The number of hydrogen-bond donors (Lipinski definition) is 1. The van der Waals surface area contributed by atoms with E-state index < -0.39 is 4.92 Å². The molecule has 1 N–H and O–H groups in total. The molecule has 10 nitrogen and oxygen atoms in total. The van der Waals surface area contributed by atoms with Crippen LogP contribution in [0, 0.1) is 17.0 Å². The largest absolute Gasteiger partial charge is 0.472 e. The topological polar surface area (TPSA) is 119 Å². The zero-order valence-electron chi connectivity index (χ0n) is 16.2. The average Bonchev–Trinajstić information content (AvgIpc) is 2.96. The third kappa shape index (κ3) is 4.54. The molecular weight excluding hydrogens is 423 g/mol. The molecule has 0 unspecified atom stereocenters. The smallest absolute Gasteiger partial charge is 0.352 e. The van der Waals surface area contributed by atoms with Crippen LogP contribution in [0.1, 0.15) is 37.9 Å². The summed E-state index contributed by atoms with van der Waals surface area (Å²) in [6, 6.07) is -0.0850. The van der Waals surface area contributed by atoms with Crippen LogP contribution in [0.3, 0.4) is 0 Å². The molecule has 1 aliphatic carbocycles. The molecule has 12 heteroatoms. The maximum atomic E-state index is 11.5. The molecule has 1 saturated carbocycles. The van der Waals surface area contributed by atoms with Gasteiger partial charge < -0.3 is 14.7 Å². The Bertz CT molecular complexity index is 902. The van der Waals surface area contributed by atoms with Crippen LogP contribution in [-0.2, 0) is 0 Å². The van der Waals surface area contributed by atoms with Gasteiger partial charge in [-0.3, -0.25) is 14.8 Å². The van der Waals surface area contributed by atoms with Gasteiger partial charge in [-0.05, 0) is 38.3 Å². The lowest BCUT2D eigenvalue weighted by Gasteiger charge is -2.31. The summed E-state index contributed by atoms with van der Waals surface area (Å²) in [5, 5.41) is 25.7. The molecule has 0 saturated heterocycles. The van der Waals surface area contributed by atoms with E-state index in [9.17, 15) is 15.2 Å². The Labute approximate surface area is 177 Å². The first kappa shape index (κ1) is 21.5. The Morgan fingerprint density at radius 3 is 2.79 bits per heavy atom. The average molecular weight is 445 g/mol. The highest BCUT2D eigenvalue weighted by Crippen LogP contribution is 2.38. The fraction of sp³-hybridized carbons (Fsp3) is 0.588. The minimum Gasteiger partial charge on any atom is -0.472 e. The van der Waals surface area contributed by atoms with Crippen molar-refractivity contribution < 1.29 is 14.8 Å². The Morgan fingerprint density at radius 2 is 2.17 bits per heavy atom. The lowest BCUT2D eigenvalue weighted by atomic mass is 9.89. The first-order valence-corrected chi connectivity index (χ1v) is 9.89. The van der Waals surface area contributed by atoms with Gasteiger partial charge in [0.1, 0.15) is 10.7 Å². The van der Waals surface area contributed by atoms with Crippen LogP contribution in [0.25, 0.3) is 0 Å². The molecule has 1 fully saturated rings. The second kappa shape index (κ2) is 8.68. The number of aliphatic hydroxyl groups excluding tert-OH is 1. The highest BCUT2D eigenvalue weighted by molar-refractivity contribution is 6.33. The monoisotopic (exact) mass is 444 g/mol. The SMILES string of the molecule is Cc1c([N+](=O)[O-])c(OCC[C@@H](C)N(C)c2nc(Cl)ncc2Cl)nn1C1CC(O)C1. The molecule has 0 amide bonds. The Hall–Kier alpha value is -2.17. The summed E-state index contributed by atoms with van der Waals surface area (Å²) in [6.45, 7) is 3.80. The van der Waals surface area contributed by atoms with Gasteiger partial charge in [0.2, 0.25) is 5.28 Å². The second-order valence-electron chi connectivity index (χ2n) is 7.13. The van der Waals surface area contributed by atoms with Crippen LogP contribution in [0.2, 0.25) is 10.3 Å². The summed E-state index contributed by atoms with van der Waals surface area (Å²) in [7, 11) is 1.82. The van der Waals surface area contributed by atoms with Crippen molar-refractivity contribution in [1.29, 1.82) is 0 Å². The molecule has 0 aromatic carbocycles. The zero-order chi connectivity index (χ0) is 21.3. The highest BCUT2D eigenvalue weighted by Gasteiger charge is 2.35. The first-order valence-electron chi connectivity index (χ1n) is 9.14. The molecule has 1 atom stereocenters. The molecule has 0 aliphatic heterocycles. The summed E-state index contributed by atoms with van der Waals surface area (Å²) in [5.74, 6) is 0.487. The van der Waals surface area contributed by atoms with Crippen molar-refractivity contribution >= 4 is 34.7 Å². The van der Waals surface area contributed by atoms with E-state index in [0.29, 0.717) is 35.8 Å². The number of nitrogens with zero attached hydrogens (tertiary/aromatic N) is 6. The van der Waals surface area contributed by atoms with E-state index in [1.165, 1.54) is 6.20 Å². The van der Waals surface area contributed by atoms with Crippen molar-refractivity contribution in [2.75, 3.05) is 18.6 Å². The normalized spacial score (nSPS) is 19.5. The lowest BCUT2D eigenvalue weighted by molar-refractivity contribution is -0.386. The predicted molar refractivity (Wildman–Crippen MR) is 108 cm³/mol. The quantitative estimate of drug-likeness (QED) is 0.374. The van der Waals surface area contributed by atoms with E-state index in [0.717, 1.165) is 0 Å². The maximum Gasteiger partial charge on any atom is 0.352 e. The maximum absolute atomic E-state index is 11.5. The van der Waals surface area contributed by atoms with Crippen molar-refractivity contribution in [3.05, 3.63) is 32.3 Å². The van der Waals surface area contributed by atoms with Crippen LogP contribution >= 0.6 is 23.2 Å². The molecule has 0 radical (unpaired) electrons. The number of nitro groups is 1. The van der Waals surface area contributed by atoms with Gasteiger partial charge in [0.05, 0.1) is 29.9 Å². The van der Waals surface area contributed by atoms with Crippen molar-refractivity contribution in [1.82, 2.24) is 19.7 Å². The molecule has 1 aliphatic rings. The third-order valence-corrected chi connectivity index (χ3v) is 5.62. The van der Waals surface area contributed by atoms with Crippen molar-refractivity contribution in [3.63, 3.8) is 0 Å². The van der Waals surface area contributed by atoms with E-state index in [1.807, 2.05) is 18.9 Å². The fourth-order valence-corrected chi connectivity index (χ4v) is 3.57. The van der Waals surface area contributed by atoms with E-state index in [2.05, 4.69) is 15.1 Å². The highest BCUT2D eigenvalue weighted by atomic mass is 35.5. The number of rotatable bonds is 8. The molecule has 0 bridgehead atoms. The number of hydrogen-bond acceptors (Lipinski definition) is 8. The van der Waals surface area contributed by atoms with E-state index in [4.69, 9.17) is 27.9 Å². The van der Waals surface area contributed by atoms with Crippen molar-refractivity contribution in [3.8, 4) is 5.88 Å². The Kier molecular flexibility index (Phi) is 6.45. The van der Waals surface area contributed by atoms with Crippen molar-refractivity contribution in [2.45, 2.75) is 51.3 Å². The summed E-state index contributed by atoms with van der Waals surface area (Å²) in [4.78, 5) is 20.8. The van der Waals surface area contributed by atoms with Gasteiger partial charge >= 0.3 is 11.6 Å². The van der Waals surface area contributed by atoms with Gasteiger partial charge in [-0.1, -0.05) is 11.6 Å². The minimum absolute atomic E-state index is 0.00754. The van der Waals surface area contributed by atoms with Crippen LogP contribution in [0.4, 0.5) is 11.5 Å². The molecule has 29 heavy (non-hydrogen) atoms. The minimum atomic E-state index is -0.485. The number of aromatic nitrogens is 4. The molecule has 2 heterocycles. The van der Waals surface area contributed by atoms with E-state index in [1.54, 1.807) is 11.6 Å². The van der Waals surface area contributed by atoms with Gasteiger partial charge in [-0.2, -0.15) is 4.98 Å². The Balaban J connectivity index is 1.66. The standard InChI is InChI=1S/C17H22Cl2N6O4/c1-9(23(3)15-13(18)8-20-17(19)21-15)4-5-29-16-14(25(27)28)10(2)24(22-16)11-6-12(26)7-11/h8-9,11-12,26H,4-7H2,1-3H3/t9-,11?,12?/m1/s1. The summed E-state index contributed by atoms with van der Waals surface area (Å²) in [5.41, 5.74) is 0.285. The number of ether oxygens (including phenoxy) is 1. The first-order chi connectivity index (χ1) is 13.7. The molecule has 3 rings (SSSR count). The van der Waals surface area contributed by atoms with Crippen LogP contribution < -0.4 is 9.64 Å². The Morgan fingerprint density at radius 1 is 1.48 bits per heavy atom. The molecule has 2 aromatic rings. The molecular formula is C17H22Cl2N6O4. The number of halogens is 2. The zero-order valence-corrected chi connectivity index (χ0v) is 17.8. The summed E-state index contributed by atoms with van der Waals surface area (Å²) < 4.78 is 7.24. The second-order valence-corrected chi connectivity index (χ2v) is 7.87. The fourth-order valence-electron chi connectivity index (χ4n) is 3.22. The summed E-state index contributed by atoms with van der Waals surface area (Å²) >= 11 is 12.0. The number of aliphatic hydroxyl groups is 1. The van der Waals surface area contributed by atoms with Gasteiger partial charge in [0, 0.05) is 19.5 Å². The number of anilines is 1. The van der Waals surface area contributed by atoms with Gasteiger partial charge in [-0.25, -0.2) is 4.98 Å². The van der Waals surface area contributed by atoms with Crippen LogP contribution in [0.5, 0.6) is 5.88 Å². The van der Waals surface area contributed by atoms with E-state index in [-0.39, 0.29) is 41.6 Å². The molecule has 2 aromatic heterocycles.